The van der Waals surface area contributed by atoms with Crippen molar-refractivity contribution in [3.63, 3.8) is 0 Å². The first-order valence-corrected chi connectivity index (χ1v) is 7.81. The minimum Gasteiger partial charge on any atom is -0.381 e. The van der Waals surface area contributed by atoms with Crippen LogP contribution in [0.15, 0.2) is 0 Å². The highest BCUT2D eigenvalue weighted by Crippen LogP contribution is 2.39. The van der Waals surface area contributed by atoms with E-state index in [1.165, 1.54) is 51.4 Å². The molecule has 3 heteroatoms. The highest BCUT2D eigenvalue weighted by Gasteiger charge is 2.38. The van der Waals surface area contributed by atoms with Crippen LogP contribution in [-0.4, -0.2) is 38.0 Å². The van der Waals surface area contributed by atoms with Crippen LogP contribution in [0.1, 0.15) is 51.4 Å². The van der Waals surface area contributed by atoms with Crippen molar-refractivity contribution in [2.45, 2.75) is 63.0 Å². The molecule has 0 spiro atoms. The van der Waals surface area contributed by atoms with Crippen LogP contribution >= 0.6 is 0 Å². The summed E-state index contributed by atoms with van der Waals surface area (Å²) in [5, 5.41) is 3.62. The fourth-order valence-electron chi connectivity index (χ4n) is 3.04. The van der Waals surface area contributed by atoms with Crippen molar-refractivity contribution in [1.82, 2.24) is 5.32 Å². The first-order chi connectivity index (χ1) is 8.86. The van der Waals surface area contributed by atoms with E-state index in [1.54, 1.807) is 0 Å². The third-order valence-corrected chi connectivity index (χ3v) is 4.82. The molecule has 0 amide bonds. The second-order valence-electron chi connectivity index (χ2n) is 6.38. The van der Waals surface area contributed by atoms with Crippen LogP contribution in [0.2, 0.25) is 0 Å². The lowest BCUT2D eigenvalue weighted by atomic mass is 9.77. The normalized spacial score (nSPS) is 28.0. The van der Waals surface area contributed by atoms with Crippen LogP contribution in [-0.2, 0) is 9.47 Å². The minimum absolute atomic E-state index is 0.236. The molecular formula is C15H27NO2. The predicted octanol–water partition coefficient (Wildman–Crippen LogP) is 2.49. The van der Waals surface area contributed by atoms with E-state index in [-0.39, 0.29) is 5.60 Å². The molecule has 2 saturated carbocycles. The Bertz CT molecular complexity index is 255. The third-order valence-electron chi connectivity index (χ3n) is 4.82. The summed E-state index contributed by atoms with van der Waals surface area (Å²) in [5.74, 6) is 0.743. The molecule has 2 aliphatic carbocycles. The lowest BCUT2D eigenvalue weighted by Gasteiger charge is -2.43. The fourth-order valence-corrected chi connectivity index (χ4v) is 3.04. The van der Waals surface area contributed by atoms with E-state index in [9.17, 15) is 0 Å². The average Bonchev–Trinajstić information content (AvgIpc) is 3.17. The summed E-state index contributed by atoms with van der Waals surface area (Å²) < 4.78 is 11.7. The summed E-state index contributed by atoms with van der Waals surface area (Å²) in [7, 11) is 0. The van der Waals surface area contributed by atoms with Gasteiger partial charge in [-0.25, -0.2) is 0 Å². The molecule has 0 bridgehead atoms. The Morgan fingerprint density at radius 1 is 1.11 bits per heavy atom. The number of ether oxygens (including phenoxy) is 2. The van der Waals surface area contributed by atoms with Gasteiger partial charge in [-0.15, -0.1) is 0 Å². The number of hydrogen-bond donors (Lipinski definition) is 1. The van der Waals surface area contributed by atoms with Crippen molar-refractivity contribution >= 4 is 0 Å². The maximum Gasteiger partial charge on any atom is 0.0694 e. The van der Waals surface area contributed by atoms with Gasteiger partial charge in [-0.1, -0.05) is 0 Å². The van der Waals surface area contributed by atoms with E-state index in [4.69, 9.17) is 9.47 Å². The zero-order valence-electron chi connectivity index (χ0n) is 11.5. The molecule has 1 N–H and O–H groups in total. The molecule has 3 nitrogen and oxygen atoms in total. The summed E-state index contributed by atoms with van der Waals surface area (Å²) in [6.07, 6.45) is 10.3. The molecule has 18 heavy (non-hydrogen) atoms. The predicted molar refractivity (Wildman–Crippen MR) is 71.7 cm³/mol. The molecule has 0 aromatic rings. The molecule has 0 aromatic heterocycles. The van der Waals surface area contributed by atoms with Crippen LogP contribution in [0.5, 0.6) is 0 Å². The second kappa shape index (κ2) is 5.89. The smallest absolute Gasteiger partial charge is 0.0694 e. The van der Waals surface area contributed by atoms with Crippen LogP contribution in [0.25, 0.3) is 0 Å². The molecule has 3 aliphatic rings. The summed E-state index contributed by atoms with van der Waals surface area (Å²) in [6, 6.07) is 0.831. The van der Waals surface area contributed by atoms with Gasteiger partial charge in [0.25, 0.3) is 0 Å². The van der Waals surface area contributed by atoms with Gasteiger partial charge in [-0.2, -0.15) is 0 Å². The quantitative estimate of drug-likeness (QED) is 0.756. The van der Waals surface area contributed by atoms with Crippen LogP contribution in [0.3, 0.4) is 0 Å². The molecule has 1 aliphatic heterocycles. The Kier molecular flexibility index (Phi) is 4.22. The Hall–Kier alpha value is -0.120. The highest BCUT2D eigenvalue weighted by molar-refractivity contribution is 4.92. The molecule has 0 aromatic carbocycles. The zero-order chi connectivity index (χ0) is 12.3. The summed E-state index contributed by atoms with van der Waals surface area (Å²) in [6.45, 7) is 3.99. The van der Waals surface area contributed by atoms with Crippen LogP contribution in [0, 0.1) is 5.92 Å². The van der Waals surface area contributed by atoms with E-state index in [0.717, 1.165) is 38.3 Å². The molecular weight excluding hydrogens is 226 g/mol. The van der Waals surface area contributed by atoms with E-state index in [1.807, 2.05) is 0 Å². The molecule has 3 rings (SSSR count). The monoisotopic (exact) mass is 253 g/mol. The Labute approximate surface area is 111 Å². The number of nitrogens with one attached hydrogen (secondary N) is 1. The van der Waals surface area contributed by atoms with Gasteiger partial charge in [0.05, 0.1) is 12.2 Å². The maximum atomic E-state index is 6.31. The largest absolute Gasteiger partial charge is 0.381 e. The standard InChI is InChI=1S/C15H27NO2/c1-6-15(7-1,8-9-16-14-2-3-14)18-12-13-4-10-17-11-5-13/h13-14,16H,1-12H2. The molecule has 0 atom stereocenters. The van der Waals surface area contributed by atoms with Crippen molar-refractivity contribution < 1.29 is 9.47 Å². The molecule has 104 valence electrons. The van der Waals surface area contributed by atoms with Crippen LogP contribution in [0.4, 0.5) is 0 Å². The van der Waals surface area contributed by atoms with Gasteiger partial charge in [0.15, 0.2) is 0 Å². The summed E-state index contributed by atoms with van der Waals surface area (Å²) in [5.41, 5.74) is 0.236. The van der Waals surface area contributed by atoms with E-state index in [2.05, 4.69) is 5.32 Å². The van der Waals surface area contributed by atoms with Gasteiger partial charge in [0, 0.05) is 19.3 Å². The topological polar surface area (TPSA) is 30.5 Å². The summed E-state index contributed by atoms with van der Waals surface area (Å²) >= 11 is 0. The Morgan fingerprint density at radius 2 is 1.89 bits per heavy atom. The van der Waals surface area contributed by atoms with Crippen LogP contribution < -0.4 is 5.32 Å². The average molecular weight is 253 g/mol. The van der Waals surface area contributed by atoms with E-state index >= 15 is 0 Å². The third kappa shape index (κ3) is 3.46. The van der Waals surface area contributed by atoms with Gasteiger partial charge < -0.3 is 14.8 Å². The van der Waals surface area contributed by atoms with Gasteiger partial charge in [0.1, 0.15) is 0 Å². The lowest BCUT2D eigenvalue weighted by molar-refractivity contribution is -0.123. The van der Waals surface area contributed by atoms with E-state index in [0.29, 0.717) is 0 Å². The van der Waals surface area contributed by atoms with Crippen molar-refractivity contribution in [2.24, 2.45) is 5.92 Å². The first-order valence-electron chi connectivity index (χ1n) is 7.81. The maximum absolute atomic E-state index is 6.31. The first kappa shape index (κ1) is 12.9. The van der Waals surface area contributed by atoms with Gasteiger partial charge >= 0.3 is 0 Å². The van der Waals surface area contributed by atoms with Gasteiger partial charge in [-0.05, 0) is 63.8 Å². The molecule has 0 unspecified atom stereocenters. The van der Waals surface area contributed by atoms with Crippen molar-refractivity contribution in [3.05, 3.63) is 0 Å². The van der Waals surface area contributed by atoms with Gasteiger partial charge in [-0.3, -0.25) is 0 Å². The fraction of sp³-hybridized carbons (Fsp3) is 1.00. The Morgan fingerprint density at radius 3 is 2.50 bits per heavy atom. The molecule has 0 radical (unpaired) electrons. The second-order valence-corrected chi connectivity index (χ2v) is 6.38. The number of hydrogen-bond acceptors (Lipinski definition) is 3. The minimum atomic E-state index is 0.236. The molecule has 3 fully saturated rings. The van der Waals surface area contributed by atoms with Crippen molar-refractivity contribution in [1.29, 1.82) is 0 Å². The molecule has 1 saturated heterocycles. The molecule has 1 heterocycles. The lowest BCUT2D eigenvalue weighted by Crippen LogP contribution is -2.44. The number of rotatable bonds is 7. The highest BCUT2D eigenvalue weighted by atomic mass is 16.5. The van der Waals surface area contributed by atoms with Crippen molar-refractivity contribution in [3.8, 4) is 0 Å². The van der Waals surface area contributed by atoms with E-state index < -0.39 is 0 Å². The van der Waals surface area contributed by atoms with Crippen molar-refractivity contribution in [2.75, 3.05) is 26.4 Å². The summed E-state index contributed by atoms with van der Waals surface area (Å²) in [4.78, 5) is 0. The SMILES string of the molecule is C1CC(CCNC2CC2)(OCC2CCOCC2)C1. The zero-order valence-corrected chi connectivity index (χ0v) is 11.5. The van der Waals surface area contributed by atoms with Gasteiger partial charge in [0.2, 0.25) is 0 Å². The Balaban J connectivity index is 1.36.